The predicted molar refractivity (Wildman–Crippen MR) is 74.1 cm³/mol. The smallest absolute Gasteiger partial charge is 0.125 e. The Hall–Kier alpha value is -0.730. The Morgan fingerprint density at radius 3 is 2.61 bits per heavy atom. The first-order valence-corrected chi connectivity index (χ1v) is 7.30. The van der Waals surface area contributed by atoms with E-state index in [0.29, 0.717) is 0 Å². The van der Waals surface area contributed by atoms with Gasteiger partial charge in [0.15, 0.2) is 0 Å². The van der Waals surface area contributed by atoms with Crippen LogP contribution in [0.2, 0.25) is 5.02 Å². The lowest BCUT2D eigenvalue weighted by atomic mass is 9.82. The molecule has 0 aromatic heterocycles. The van der Waals surface area contributed by atoms with Gasteiger partial charge < -0.3 is 10.5 Å². The summed E-state index contributed by atoms with van der Waals surface area (Å²) >= 11 is 6.03. The third-order valence-corrected chi connectivity index (χ3v) is 4.54. The van der Waals surface area contributed by atoms with E-state index in [1.54, 1.807) is 0 Å². The highest BCUT2D eigenvalue weighted by Gasteiger charge is 2.39. The standard InChI is InChI=1S/C15H20ClNO/c16-11-5-6-14-12(9-11)13(17)10-15(18-14)7-3-1-2-4-8-15/h5-6,9,13H,1-4,7-8,10,17H2/t13-/m0/s1. The normalized spacial score (nSPS) is 26.2. The minimum atomic E-state index is -0.0171. The molecule has 1 aliphatic carbocycles. The molecule has 0 radical (unpaired) electrons. The molecule has 2 N–H and O–H groups in total. The first-order chi connectivity index (χ1) is 8.69. The molecule has 1 aliphatic heterocycles. The summed E-state index contributed by atoms with van der Waals surface area (Å²) < 4.78 is 6.33. The summed E-state index contributed by atoms with van der Waals surface area (Å²) in [6.45, 7) is 0. The van der Waals surface area contributed by atoms with Gasteiger partial charge in [0.05, 0.1) is 0 Å². The van der Waals surface area contributed by atoms with E-state index in [9.17, 15) is 0 Å². The summed E-state index contributed by atoms with van der Waals surface area (Å²) in [6, 6.07) is 5.88. The van der Waals surface area contributed by atoms with Crippen molar-refractivity contribution in [2.45, 2.75) is 56.6 Å². The van der Waals surface area contributed by atoms with Crippen LogP contribution in [0.3, 0.4) is 0 Å². The lowest BCUT2D eigenvalue weighted by molar-refractivity contribution is 0.0213. The molecule has 1 atom stereocenters. The summed E-state index contributed by atoms with van der Waals surface area (Å²) in [6.07, 6.45) is 8.39. The van der Waals surface area contributed by atoms with E-state index in [1.807, 2.05) is 18.2 Å². The zero-order valence-corrected chi connectivity index (χ0v) is 11.4. The fraction of sp³-hybridized carbons (Fsp3) is 0.600. The molecule has 0 saturated heterocycles. The van der Waals surface area contributed by atoms with E-state index >= 15 is 0 Å². The van der Waals surface area contributed by atoms with Crippen LogP contribution in [-0.4, -0.2) is 5.60 Å². The average molecular weight is 266 g/mol. The fourth-order valence-electron chi connectivity index (χ4n) is 3.37. The molecule has 18 heavy (non-hydrogen) atoms. The molecule has 98 valence electrons. The molecule has 1 saturated carbocycles. The van der Waals surface area contributed by atoms with Gasteiger partial charge >= 0.3 is 0 Å². The van der Waals surface area contributed by atoms with Crippen LogP contribution < -0.4 is 10.5 Å². The van der Waals surface area contributed by atoms with E-state index in [4.69, 9.17) is 22.1 Å². The van der Waals surface area contributed by atoms with E-state index in [-0.39, 0.29) is 11.6 Å². The molecule has 2 nitrogen and oxygen atoms in total. The van der Waals surface area contributed by atoms with Crippen molar-refractivity contribution in [3.8, 4) is 5.75 Å². The number of rotatable bonds is 0. The molecule has 3 heteroatoms. The molecule has 1 aromatic carbocycles. The monoisotopic (exact) mass is 265 g/mol. The highest BCUT2D eigenvalue weighted by Crippen LogP contribution is 2.45. The average Bonchev–Trinajstić information content (AvgIpc) is 2.56. The molecule has 1 spiro atoms. The summed E-state index contributed by atoms with van der Waals surface area (Å²) in [5, 5.41) is 0.740. The Balaban J connectivity index is 1.92. The Morgan fingerprint density at radius 2 is 1.89 bits per heavy atom. The zero-order chi connectivity index (χ0) is 12.6. The van der Waals surface area contributed by atoms with Crippen LogP contribution in [0.25, 0.3) is 0 Å². The van der Waals surface area contributed by atoms with Gasteiger partial charge in [-0.15, -0.1) is 0 Å². The van der Waals surface area contributed by atoms with Gasteiger partial charge in [-0.2, -0.15) is 0 Å². The lowest BCUT2D eigenvalue weighted by Gasteiger charge is -2.41. The molecule has 2 aliphatic rings. The minimum Gasteiger partial charge on any atom is -0.487 e. The second-order valence-corrected chi connectivity index (χ2v) is 6.13. The van der Waals surface area contributed by atoms with Gasteiger partial charge in [-0.1, -0.05) is 24.4 Å². The van der Waals surface area contributed by atoms with Crippen LogP contribution >= 0.6 is 11.6 Å². The van der Waals surface area contributed by atoms with Crippen molar-refractivity contribution < 1.29 is 4.74 Å². The van der Waals surface area contributed by atoms with Crippen molar-refractivity contribution in [1.29, 1.82) is 0 Å². The number of ether oxygens (including phenoxy) is 1. The zero-order valence-electron chi connectivity index (χ0n) is 10.6. The lowest BCUT2D eigenvalue weighted by Crippen LogP contribution is -2.42. The summed E-state index contributed by atoms with van der Waals surface area (Å²) in [5.74, 6) is 0.944. The molecule has 0 amide bonds. The Labute approximate surface area is 113 Å². The van der Waals surface area contributed by atoms with E-state index in [2.05, 4.69) is 0 Å². The quantitative estimate of drug-likeness (QED) is 0.762. The third kappa shape index (κ3) is 2.24. The number of hydrogen-bond donors (Lipinski definition) is 1. The SMILES string of the molecule is N[C@H]1CC2(CCCCCC2)Oc2ccc(Cl)cc21. The topological polar surface area (TPSA) is 35.2 Å². The number of halogens is 1. The maximum Gasteiger partial charge on any atom is 0.125 e. The number of fused-ring (bicyclic) bond motifs is 1. The molecule has 1 heterocycles. The van der Waals surface area contributed by atoms with Crippen molar-refractivity contribution in [2.24, 2.45) is 5.73 Å². The Kier molecular flexibility index (Phi) is 3.25. The molecule has 3 rings (SSSR count). The number of benzene rings is 1. The van der Waals surface area contributed by atoms with Gasteiger partial charge in [0.2, 0.25) is 0 Å². The number of hydrogen-bond acceptors (Lipinski definition) is 2. The van der Waals surface area contributed by atoms with E-state index in [0.717, 1.165) is 35.6 Å². The van der Waals surface area contributed by atoms with Crippen LogP contribution in [0.5, 0.6) is 5.75 Å². The van der Waals surface area contributed by atoms with Gasteiger partial charge in [0.1, 0.15) is 11.4 Å². The van der Waals surface area contributed by atoms with Crippen LogP contribution in [0.4, 0.5) is 0 Å². The molecular formula is C15H20ClNO. The van der Waals surface area contributed by atoms with Gasteiger partial charge in [-0.25, -0.2) is 0 Å². The first-order valence-electron chi connectivity index (χ1n) is 6.93. The largest absolute Gasteiger partial charge is 0.487 e. The second-order valence-electron chi connectivity index (χ2n) is 5.69. The van der Waals surface area contributed by atoms with Crippen LogP contribution in [-0.2, 0) is 0 Å². The first kappa shape index (κ1) is 12.3. The van der Waals surface area contributed by atoms with Crippen molar-refractivity contribution >= 4 is 11.6 Å². The summed E-state index contributed by atoms with van der Waals surface area (Å²) in [7, 11) is 0. The van der Waals surface area contributed by atoms with Crippen molar-refractivity contribution in [2.75, 3.05) is 0 Å². The van der Waals surface area contributed by atoms with Crippen LogP contribution in [0.15, 0.2) is 18.2 Å². The minimum absolute atomic E-state index is 0.0171. The predicted octanol–water partition coefficient (Wildman–Crippen LogP) is 4.22. The molecular weight excluding hydrogens is 246 g/mol. The Morgan fingerprint density at radius 1 is 1.17 bits per heavy atom. The fourth-order valence-corrected chi connectivity index (χ4v) is 3.55. The number of nitrogens with two attached hydrogens (primary N) is 1. The van der Waals surface area contributed by atoms with Crippen molar-refractivity contribution in [3.63, 3.8) is 0 Å². The highest BCUT2D eigenvalue weighted by molar-refractivity contribution is 6.30. The van der Waals surface area contributed by atoms with Crippen LogP contribution in [0.1, 0.15) is 56.6 Å². The van der Waals surface area contributed by atoms with E-state index < -0.39 is 0 Å². The maximum absolute atomic E-state index is 6.33. The Bertz CT molecular complexity index is 438. The molecule has 1 fully saturated rings. The third-order valence-electron chi connectivity index (χ3n) is 4.30. The van der Waals surface area contributed by atoms with Gasteiger partial charge in [0.25, 0.3) is 0 Å². The van der Waals surface area contributed by atoms with Gasteiger partial charge in [0, 0.05) is 23.0 Å². The molecule has 0 unspecified atom stereocenters. The second kappa shape index (κ2) is 4.75. The van der Waals surface area contributed by atoms with Crippen LogP contribution in [0, 0.1) is 0 Å². The van der Waals surface area contributed by atoms with Crippen molar-refractivity contribution in [1.82, 2.24) is 0 Å². The van der Waals surface area contributed by atoms with Gasteiger partial charge in [-0.05, 0) is 43.9 Å². The molecule has 1 aromatic rings. The van der Waals surface area contributed by atoms with Crippen molar-refractivity contribution in [3.05, 3.63) is 28.8 Å². The highest BCUT2D eigenvalue weighted by atomic mass is 35.5. The maximum atomic E-state index is 6.33. The molecule has 0 bridgehead atoms. The summed E-state index contributed by atoms with van der Waals surface area (Å²) in [4.78, 5) is 0. The van der Waals surface area contributed by atoms with E-state index in [1.165, 1.54) is 25.7 Å². The summed E-state index contributed by atoms with van der Waals surface area (Å²) in [5.41, 5.74) is 7.38. The van der Waals surface area contributed by atoms with Gasteiger partial charge in [-0.3, -0.25) is 0 Å².